The molecule has 0 aliphatic heterocycles. The van der Waals surface area contributed by atoms with Gasteiger partial charge in [0, 0.05) is 5.69 Å². The fraction of sp³-hybridized carbons (Fsp3) is 0.381. The van der Waals surface area contributed by atoms with E-state index in [0.29, 0.717) is 11.3 Å². The first-order valence-electron chi connectivity index (χ1n) is 9.03. The van der Waals surface area contributed by atoms with Gasteiger partial charge in [-0.15, -0.1) is 0 Å². The SMILES string of the molecule is CCC[C@H](NC(=O)[C@@H](C)OC(=O)c1c(C)cc(C)nc1Cl)c1ccccc1. The minimum atomic E-state index is -0.947. The minimum absolute atomic E-state index is 0.0817. The molecule has 1 heterocycles. The number of carbonyl (C=O) groups is 2. The molecule has 0 aliphatic carbocycles. The van der Waals surface area contributed by atoms with Crippen LogP contribution < -0.4 is 5.32 Å². The molecular formula is C21H25ClN2O3. The lowest BCUT2D eigenvalue weighted by Gasteiger charge is -2.21. The van der Waals surface area contributed by atoms with Gasteiger partial charge in [0.25, 0.3) is 5.91 Å². The van der Waals surface area contributed by atoms with Crippen LogP contribution in [0.2, 0.25) is 5.15 Å². The predicted molar refractivity (Wildman–Crippen MR) is 106 cm³/mol. The second kappa shape index (κ2) is 9.51. The van der Waals surface area contributed by atoms with Crippen LogP contribution in [0.4, 0.5) is 0 Å². The third kappa shape index (κ3) is 5.54. The van der Waals surface area contributed by atoms with Crippen LogP contribution in [0.25, 0.3) is 0 Å². The van der Waals surface area contributed by atoms with E-state index in [2.05, 4.69) is 17.2 Å². The van der Waals surface area contributed by atoms with Gasteiger partial charge in [0.2, 0.25) is 0 Å². The molecule has 27 heavy (non-hydrogen) atoms. The van der Waals surface area contributed by atoms with Crippen molar-refractivity contribution in [2.45, 2.75) is 52.7 Å². The van der Waals surface area contributed by atoms with Crippen LogP contribution in [0.15, 0.2) is 36.4 Å². The van der Waals surface area contributed by atoms with Crippen molar-refractivity contribution in [1.82, 2.24) is 10.3 Å². The summed E-state index contributed by atoms with van der Waals surface area (Å²) < 4.78 is 5.34. The molecule has 1 amide bonds. The highest BCUT2D eigenvalue weighted by atomic mass is 35.5. The fourth-order valence-electron chi connectivity index (χ4n) is 2.89. The minimum Gasteiger partial charge on any atom is -0.449 e. The second-order valence-electron chi connectivity index (χ2n) is 6.55. The fourth-order valence-corrected chi connectivity index (χ4v) is 3.25. The van der Waals surface area contributed by atoms with E-state index in [1.54, 1.807) is 26.8 Å². The Morgan fingerprint density at radius 1 is 1.22 bits per heavy atom. The number of hydrogen-bond acceptors (Lipinski definition) is 4. The molecule has 2 aromatic rings. The van der Waals surface area contributed by atoms with Gasteiger partial charge < -0.3 is 10.1 Å². The molecule has 0 bridgehead atoms. The Bertz CT molecular complexity index is 785. The van der Waals surface area contributed by atoms with Crippen LogP contribution >= 0.6 is 11.6 Å². The van der Waals surface area contributed by atoms with E-state index in [1.807, 2.05) is 30.3 Å². The number of nitrogens with one attached hydrogen (secondary N) is 1. The van der Waals surface area contributed by atoms with Crippen molar-refractivity contribution in [2.24, 2.45) is 0 Å². The number of amides is 1. The highest BCUT2D eigenvalue weighted by molar-refractivity contribution is 6.32. The van der Waals surface area contributed by atoms with E-state index in [9.17, 15) is 9.59 Å². The Hall–Kier alpha value is -2.40. The van der Waals surface area contributed by atoms with Crippen LogP contribution in [-0.4, -0.2) is 23.0 Å². The molecule has 1 aromatic carbocycles. The average Bonchev–Trinajstić information content (AvgIpc) is 2.61. The van der Waals surface area contributed by atoms with Gasteiger partial charge in [-0.05, 0) is 44.4 Å². The third-order valence-electron chi connectivity index (χ3n) is 4.25. The number of hydrogen-bond donors (Lipinski definition) is 1. The van der Waals surface area contributed by atoms with Crippen LogP contribution in [0.1, 0.15) is 59.9 Å². The number of halogens is 1. The summed E-state index contributed by atoms with van der Waals surface area (Å²) in [5.74, 6) is -1.00. The molecule has 1 aromatic heterocycles. The van der Waals surface area contributed by atoms with Gasteiger partial charge >= 0.3 is 5.97 Å². The molecule has 0 spiro atoms. The maximum atomic E-state index is 12.6. The topological polar surface area (TPSA) is 68.3 Å². The highest BCUT2D eigenvalue weighted by Crippen LogP contribution is 2.21. The summed E-state index contributed by atoms with van der Waals surface area (Å²) in [6, 6.07) is 11.4. The normalized spacial score (nSPS) is 12.9. The standard InChI is InChI=1S/C21H25ClN2O3/c1-5-9-17(16-10-7-6-8-11-16)24-20(25)15(4)27-21(26)18-13(2)12-14(3)23-19(18)22/h6-8,10-12,15,17H,5,9H2,1-4H3,(H,24,25)/t15-,17+/m1/s1. The summed E-state index contributed by atoms with van der Waals surface area (Å²) >= 11 is 6.09. The monoisotopic (exact) mass is 388 g/mol. The van der Waals surface area contributed by atoms with E-state index in [0.717, 1.165) is 18.4 Å². The van der Waals surface area contributed by atoms with E-state index in [4.69, 9.17) is 16.3 Å². The van der Waals surface area contributed by atoms with Gasteiger partial charge in [0.1, 0.15) is 5.15 Å². The number of aryl methyl sites for hydroxylation is 2. The number of esters is 1. The van der Waals surface area contributed by atoms with Gasteiger partial charge in [-0.1, -0.05) is 55.3 Å². The summed E-state index contributed by atoms with van der Waals surface area (Å²) in [6.07, 6.45) is 0.763. The van der Waals surface area contributed by atoms with Gasteiger partial charge in [-0.2, -0.15) is 0 Å². The Balaban J connectivity index is 2.07. The van der Waals surface area contributed by atoms with Crippen LogP contribution in [-0.2, 0) is 9.53 Å². The zero-order chi connectivity index (χ0) is 20.0. The molecule has 0 fully saturated rings. The number of ether oxygens (including phenoxy) is 1. The smallest absolute Gasteiger partial charge is 0.342 e. The van der Waals surface area contributed by atoms with Crippen molar-refractivity contribution in [1.29, 1.82) is 0 Å². The van der Waals surface area contributed by atoms with E-state index in [-0.39, 0.29) is 22.7 Å². The Morgan fingerprint density at radius 2 is 1.89 bits per heavy atom. The van der Waals surface area contributed by atoms with Gasteiger partial charge in [0.15, 0.2) is 6.10 Å². The number of pyridine rings is 1. The van der Waals surface area contributed by atoms with Gasteiger partial charge in [-0.3, -0.25) is 4.79 Å². The molecule has 0 aliphatic rings. The Morgan fingerprint density at radius 3 is 2.48 bits per heavy atom. The molecule has 6 heteroatoms. The van der Waals surface area contributed by atoms with E-state index < -0.39 is 12.1 Å². The largest absolute Gasteiger partial charge is 0.449 e. The number of carbonyl (C=O) groups excluding carboxylic acids is 2. The van der Waals surface area contributed by atoms with Crippen molar-refractivity contribution in [3.8, 4) is 0 Å². The molecule has 2 atom stereocenters. The number of aromatic nitrogens is 1. The first-order valence-corrected chi connectivity index (χ1v) is 9.41. The third-order valence-corrected chi connectivity index (χ3v) is 4.53. The molecule has 5 nitrogen and oxygen atoms in total. The molecule has 0 radical (unpaired) electrons. The maximum Gasteiger partial charge on any atom is 0.342 e. The zero-order valence-corrected chi connectivity index (χ0v) is 16.8. The summed E-state index contributed by atoms with van der Waals surface area (Å²) in [4.78, 5) is 29.1. The lowest BCUT2D eigenvalue weighted by Crippen LogP contribution is -2.38. The van der Waals surface area contributed by atoms with Crippen molar-refractivity contribution >= 4 is 23.5 Å². The average molecular weight is 389 g/mol. The number of nitrogens with zero attached hydrogens (tertiary/aromatic N) is 1. The summed E-state index contributed by atoms with van der Waals surface area (Å²) in [6.45, 7) is 7.16. The highest BCUT2D eigenvalue weighted by Gasteiger charge is 2.24. The first-order chi connectivity index (χ1) is 12.8. The zero-order valence-electron chi connectivity index (χ0n) is 16.1. The van der Waals surface area contributed by atoms with Crippen LogP contribution in [0.5, 0.6) is 0 Å². The Labute approximate surface area is 165 Å². The van der Waals surface area contributed by atoms with Crippen molar-refractivity contribution < 1.29 is 14.3 Å². The lowest BCUT2D eigenvalue weighted by atomic mass is 10.0. The van der Waals surface area contributed by atoms with Gasteiger partial charge in [0.05, 0.1) is 11.6 Å². The molecule has 1 N–H and O–H groups in total. The first kappa shape index (κ1) is 20.9. The van der Waals surface area contributed by atoms with Crippen LogP contribution in [0.3, 0.4) is 0 Å². The van der Waals surface area contributed by atoms with Gasteiger partial charge in [-0.25, -0.2) is 9.78 Å². The maximum absolute atomic E-state index is 12.6. The molecular weight excluding hydrogens is 364 g/mol. The summed E-state index contributed by atoms with van der Waals surface area (Å²) in [5.41, 5.74) is 2.59. The van der Waals surface area contributed by atoms with Crippen molar-refractivity contribution in [3.05, 3.63) is 63.9 Å². The molecule has 0 saturated carbocycles. The summed E-state index contributed by atoms with van der Waals surface area (Å²) in [5, 5.41) is 3.05. The Kier molecular flexibility index (Phi) is 7.36. The van der Waals surface area contributed by atoms with Crippen LogP contribution in [0, 0.1) is 13.8 Å². The van der Waals surface area contributed by atoms with Crippen molar-refractivity contribution in [3.63, 3.8) is 0 Å². The van der Waals surface area contributed by atoms with Crippen molar-refractivity contribution in [2.75, 3.05) is 0 Å². The molecule has 0 saturated heterocycles. The van der Waals surface area contributed by atoms with E-state index >= 15 is 0 Å². The number of rotatable bonds is 7. The lowest BCUT2D eigenvalue weighted by molar-refractivity contribution is -0.129. The quantitative estimate of drug-likeness (QED) is 0.557. The molecule has 144 valence electrons. The molecule has 2 rings (SSSR count). The number of benzene rings is 1. The summed E-state index contributed by atoms with van der Waals surface area (Å²) in [7, 11) is 0. The molecule has 0 unspecified atom stereocenters. The second-order valence-corrected chi connectivity index (χ2v) is 6.91. The van der Waals surface area contributed by atoms with E-state index in [1.165, 1.54) is 0 Å². The predicted octanol–water partition coefficient (Wildman–Crippen LogP) is 4.55.